The molecule has 18 heavy (non-hydrogen) atoms. The molecule has 1 unspecified atom stereocenters. The van der Waals surface area contributed by atoms with Gasteiger partial charge in [-0.3, -0.25) is 4.98 Å². The standard InChI is InChI=1S/C14H15BrN2O/c1-10-4-5-12(15)7-13(10)18-14(8-16)11-3-2-6-17-9-11/h2-7,9,14H,8,16H2,1H3. The fourth-order valence-electron chi connectivity index (χ4n) is 1.67. The Labute approximate surface area is 115 Å². The summed E-state index contributed by atoms with van der Waals surface area (Å²) < 4.78 is 6.96. The van der Waals surface area contributed by atoms with Crippen molar-refractivity contribution in [1.29, 1.82) is 0 Å². The van der Waals surface area contributed by atoms with Crippen molar-refractivity contribution in [3.05, 3.63) is 58.3 Å². The van der Waals surface area contributed by atoms with Crippen molar-refractivity contribution in [3.8, 4) is 5.75 Å². The van der Waals surface area contributed by atoms with Crippen LogP contribution in [0.25, 0.3) is 0 Å². The summed E-state index contributed by atoms with van der Waals surface area (Å²) in [4.78, 5) is 4.09. The molecule has 1 atom stereocenters. The van der Waals surface area contributed by atoms with Crippen LogP contribution in [0.5, 0.6) is 5.75 Å². The molecule has 0 saturated heterocycles. The van der Waals surface area contributed by atoms with E-state index in [1.165, 1.54) is 0 Å². The van der Waals surface area contributed by atoms with Crippen LogP contribution < -0.4 is 10.5 Å². The van der Waals surface area contributed by atoms with Gasteiger partial charge in [-0.15, -0.1) is 0 Å². The average Bonchev–Trinajstić information content (AvgIpc) is 2.41. The van der Waals surface area contributed by atoms with Gasteiger partial charge in [0.2, 0.25) is 0 Å². The number of benzene rings is 1. The zero-order valence-corrected chi connectivity index (χ0v) is 11.7. The van der Waals surface area contributed by atoms with E-state index in [9.17, 15) is 0 Å². The van der Waals surface area contributed by atoms with Crippen molar-refractivity contribution >= 4 is 15.9 Å². The Morgan fingerprint density at radius 2 is 2.22 bits per heavy atom. The second kappa shape index (κ2) is 5.98. The third-order valence-corrected chi connectivity index (χ3v) is 3.18. The minimum absolute atomic E-state index is 0.174. The summed E-state index contributed by atoms with van der Waals surface area (Å²) in [5.74, 6) is 0.837. The highest BCUT2D eigenvalue weighted by atomic mass is 79.9. The Kier molecular flexibility index (Phi) is 4.33. The minimum atomic E-state index is -0.174. The van der Waals surface area contributed by atoms with Crippen molar-refractivity contribution in [2.45, 2.75) is 13.0 Å². The molecule has 0 aliphatic carbocycles. The number of aryl methyl sites for hydroxylation is 1. The summed E-state index contributed by atoms with van der Waals surface area (Å²) in [5, 5.41) is 0. The topological polar surface area (TPSA) is 48.1 Å². The maximum atomic E-state index is 5.97. The minimum Gasteiger partial charge on any atom is -0.484 e. The molecule has 0 bridgehead atoms. The first-order valence-electron chi connectivity index (χ1n) is 5.73. The monoisotopic (exact) mass is 306 g/mol. The molecule has 4 heteroatoms. The molecule has 0 saturated carbocycles. The van der Waals surface area contributed by atoms with Gasteiger partial charge in [0.05, 0.1) is 0 Å². The molecule has 0 aliphatic heterocycles. The van der Waals surface area contributed by atoms with E-state index >= 15 is 0 Å². The normalized spacial score (nSPS) is 12.2. The molecule has 1 heterocycles. The van der Waals surface area contributed by atoms with Crippen LogP contribution in [0.2, 0.25) is 0 Å². The molecule has 1 aromatic carbocycles. The maximum Gasteiger partial charge on any atom is 0.137 e. The van der Waals surface area contributed by atoms with E-state index in [1.807, 2.05) is 37.3 Å². The highest BCUT2D eigenvalue weighted by Gasteiger charge is 2.13. The first kappa shape index (κ1) is 13.1. The number of nitrogens with two attached hydrogens (primary N) is 1. The lowest BCUT2D eigenvalue weighted by molar-refractivity contribution is 0.212. The molecule has 1 aromatic heterocycles. The van der Waals surface area contributed by atoms with Crippen LogP contribution in [0.4, 0.5) is 0 Å². The van der Waals surface area contributed by atoms with Crippen LogP contribution in [0.3, 0.4) is 0 Å². The van der Waals surface area contributed by atoms with Crippen LogP contribution in [0.15, 0.2) is 47.2 Å². The highest BCUT2D eigenvalue weighted by molar-refractivity contribution is 9.10. The van der Waals surface area contributed by atoms with Crippen molar-refractivity contribution in [3.63, 3.8) is 0 Å². The van der Waals surface area contributed by atoms with E-state index < -0.39 is 0 Å². The van der Waals surface area contributed by atoms with Gasteiger partial charge in [-0.1, -0.05) is 28.1 Å². The van der Waals surface area contributed by atoms with Crippen LogP contribution in [0.1, 0.15) is 17.2 Å². The molecule has 0 amide bonds. The number of ether oxygens (including phenoxy) is 1. The SMILES string of the molecule is Cc1ccc(Br)cc1OC(CN)c1cccnc1. The fourth-order valence-corrected chi connectivity index (χ4v) is 2.01. The largest absolute Gasteiger partial charge is 0.484 e. The second-order valence-corrected chi connectivity index (χ2v) is 4.95. The summed E-state index contributed by atoms with van der Waals surface area (Å²) in [5.41, 5.74) is 7.85. The number of rotatable bonds is 4. The Balaban J connectivity index is 2.23. The van der Waals surface area contributed by atoms with E-state index in [2.05, 4.69) is 20.9 Å². The third-order valence-electron chi connectivity index (χ3n) is 2.69. The molecular formula is C14H15BrN2O. The van der Waals surface area contributed by atoms with Gasteiger partial charge in [-0.05, 0) is 30.7 Å². The summed E-state index contributed by atoms with van der Waals surface area (Å²) in [6.07, 6.45) is 3.35. The van der Waals surface area contributed by atoms with Gasteiger partial charge in [-0.25, -0.2) is 0 Å². The zero-order chi connectivity index (χ0) is 13.0. The quantitative estimate of drug-likeness (QED) is 0.943. The van der Waals surface area contributed by atoms with Gasteiger partial charge < -0.3 is 10.5 Å². The summed E-state index contributed by atoms with van der Waals surface area (Å²) >= 11 is 3.44. The lowest BCUT2D eigenvalue weighted by Gasteiger charge is -2.19. The second-order valence-electron chi connectivity index (χ2n) is 4.04. The van der Waals surface area contributed by atoms with Crippen molar-refractivity contribution < 1.29 is 4.74 Å². The third kappa shape index (κ3) is 3.09. The summed E-state index contributed by atoms with van der Waals surface area (Å²) in [6, 6.07) is 9.81. The highest BCUT2D eigenvalue weighted by Crippen LogP contribution is 2.27. The molecule has 0 spiro atoms. The van der Waals surface area contributed by atoms with Gasteiger partial charge in [-0.2, -0.15) is 0 Å². The fraction of sp³-hybridized carbons (Fsp3) is 0.214. The van der Waals surface area contributed by atoms with Gasteiger partial charge >= 0.3 is 0 Å². The molecule has 3 nitrogen and oxygen atoms in total. The van der Waals surface area contributed by atoms with E-state index in [0.29, 0.717) is 6.54 Å². The smallest absolute Gasteiger partial charge is 0.137 e. The number of hydrogen-bond donors (Lipinski definition) is 1. The Morgan fingerprint density at radius 1 is 1.39 bits per heavy atom. The number of nitrogens with zero attached hydrogens (tertiary/aromatic N) is 1. The molecule has 0 aliphatic rings. The number of pyridine rings is 1. The number of hydrogen-bond acceptors (Lipinski definition) is 3. The van der Waals surface area contributed by atoms with Gasteiger partial charge in [0, 0.05) is 29.0 Å². The zero-order valence-electron chi connectivity index (χ0n) is 10.1. The molecule has 0 radical (unpaired) electrons. The molecule has 94 valence electrons. The average molecular weight is 307 g/mol. The lowest BCUT2D eigenvalue weighted by Crippen LogP contribution is -2.19. The van der Waals surface area contributed by atoms with E-state index in [1.54, 1.807) is 12.4 Å². The van der Waals surface area contributed by atoms with Crippen molar-refractivity contribution in [2.75, 3.05) is 6.54 Å². The Morgan fingerprint density at radius 3 is 2.89 bits per heavy atom. The predicted molar refractivity (Wildman–Crippen MR) is 75.5 cm³/mol. The van der Waals surface area contributed by atoms with Crippen molar-refractivity contribution in [1.82, 2.24) is 4.98 Å². The van der Waals surface area contributed by atoms with E-state index in [0.717, 1.165) is 21.3 Å². The number of halogens is 1. The van der Waals surface area contributed by atoms with Crippen LogP contribution >= 0.6 is 15.9 Å². The molecule has 2 aromatic rings. The summed E-state index contributed by atoms with van der Waals surface area (Å²) in [7, 11) is 0. The van der Waals surface area contributed by atoms with Gasteiger partial charge in [0.1, 0.15) is 11.9 Å². The van der Waals surface area contributed by atoms with Crippen molar-refractivity contribution in [2.24, 2.45) is 5.73 Å². The van der Waals surface area contributed by atoms with E-state index in [4.69, 9.17) is 10.5 Å². The van der Waals surface area contributed by atoms with Crippen LogP contribution in [0, 0.1) is 6.92 Å². The first-order chi connectivity index (χ1) is 8.70. The molecule has 2 rings (SSSR count). The van der Waals surface area contributed by atoms with Crippen LogP contribution in [-0.4, -0.2) is 11.5 Å². The lowest BCUT2D eigenvalue weighted by atomic mass is 10.1. The number of aromatic nitrogens is 1. The Bertz CT molecular complexity index is 516. The maximum absolute atomic E-state index is 5.97. The summed E-state index contributed by atoms with van der Waals surface area (Å²) in [6.45, 7) is 2.43. The predicted octanol–water partition coefficient (Wildman–Crippen LogP) is 3.23. The van der Waals surface area contributed by atoms with Gasteiger partial charge in [0.25, 0.3) is 0 Å². The molecule has 0 fully saturated rings. The Hall–Kier alpha value is -1.39. The first-order valence-corrected chi connectivity index (χ1v) is 6.53. The van der Waals surface area contributed by atoms with Gasteiger partial charge in [0.15, 0.2) is 0 Å². The van der Waals surface area contributed by atoms with E-state index in [-0.39, 0.29) is 6.10 Å². The molecule has 2 N–H and O–H groups in total. The van der Waals surface area contributed by atoms with Crippen LogP contribution in [-0.2, 0) is 0 Å². The molecular weight excluding hydrogens is 292 g/mol.